The van der Waals surface area contributed by atoms with Gasteiger partial charge in [-0.3, -0.25) is 9.52 Å². The van der Waals surface area contributed by atoms with Crippen LogP contribution in [0.3, 0.4) is 0 Å². The molecule has 0 aromatic heterocycles. The molecule has 2 aromatic carbocycles. The van der Waals surface area contributed by atoms with Crippen LogP contribution >= 0.6 is 23.7 Å². The molecule has 194 valence electrons. The number of hydrogen-bond donors (Lipinski definition) is 2. The van der Waals surface area contributed by atoms with Crippen molar-refractivity contribution in [1.29, 1.82) is 5.26 Å². The van der Waals surface area contributed by atoms with Crippen LogP contribution in [0.1, 0.15) is 44.1 Å². The van der Waals surface area contributed by atoms with E-state index in [1.54, 1.807) is 12.1 Å². The first-order chi connectivity index (χ1) is 17.2. The Labute approximate surface area is 219 Å². The molecular weight excluding hydrogens is 505 g/mol. The number of anilines is 1. The number of nitriles is 1. The van der Waals surface area contributed by atoms with Gasteiger partial charge >= 0.3 is 0 Å². The van der Waals surface area contributed by atoms with Crippen molar-refractivity contribution >= 4 is 35.3 Å². The molecule has 0 bridgehead atoms. The minimum atomic E-state index is -1.90. The number of rotatable bonds is 11. The molecule has 0 spiro atoms. The van der Waals surface area contributed by atoms with Gasteiger partial charge in [-0.1, -0.05) is 6.42 Å². The second-order valence-electron chi connectivity index (χ2n) is 9.20. The molecule has 3 rings (SSSR count). The first kappa shape index (κ1) is 28.2. The van der Waals surface area contributed by atoms with Gasteiger partial charge in [0.1, 0.15) is 17.7 Å². The average Bonchev–Trinajstić information content (AvgIpc) is 2.86. The van der Waals surface area contributed by atoms with Crippen molar-refractivity contribution in [2.45, 2.75) is 60.0 Å². The highest BCUT2D eigenvalue weighted by atomic mass is 32.2. The molecule has 0 unspecified atom stereocenters. The van der Waals surface area contributed by atoms with Gasteiger partial charge < -0.3 is 10.2 Å². The molecule has 0 aliphatic heterocycles. The van der Waals surface area contributed by atoms with E-state index in [-0.39, 0.29) is 36.0 Å². The smallest absolute Gasteiger partial charge is 0.267 e. The fourth-order valence-corrected chi connectivity index (χ4v) is 5.66. The summed E-state index contributed by atoms with van der Waals surface area (Å²) in [4.78, 5) is 15.6. The van der Waals surface area contributed by atoms with Gasteiger partial charge in [-0.15, -0.1) is 11.8 Å². The summed E-state index contributed by atoms with van der Waals surface area (Å²) < 4.78 is 45.7. The first-order valence-electron chi connectivity index (χ1n) is 11.9. The Bertz CT molecular complexity index is 1070. The zero-order chi connectivity index (χ0) is 26.1. The quantitative estimate of drug-likeness (QED) is 0.265. The largest absolute Gasteiger partial charge is 0.378 e. The minimum Gasteiger partial charge on any atom is -0.378 e. The number of halogens is 3. The van der Waals surface area contributed by atoms with Crippen molar-refractivity contribution in [3.05, 3.63) is 53.6 Å². The van der Waals surface area contributed by atoms with Gasteiger partial charge in [-0.25, -0.2) is 13.2 Å². The molecular formula is C26H31F3N4OS2. The van der Waals surface area contributed by atoms with E-state index in [0.29, 0.717) is 29.9 Å². The van der Waals surface area contributed by atoms with Crippen molar-refractivity contribution in [1.82, 2.24) is 9.62 Å². The maximum absolute atomic E-state index is 15.1. The van der Waals surface area contributed by atoms with E-state index in [0.717, 1.165) is 29.8 Å². The third kappa shape index (κ3) is 8.08. The van der Waals surface area contributed by atoms with Crippen LogP contribution in [0.15, 0.2) is 46.2 Å². The van der Waals surface area contributed by atoms with Crippen LogP contribution in [0.5, 0.6) is 0 Å². The number of thioether (sulfide) groups is 1. The van der Waals surface area contributed by atoms with Gasteiger partial charge in [0.05, 0.1) is 11.3 Å². The standard InChI is InChI=1S/C26H31F3N4OS2/c1-33(2)13-10-20(17-35-21-8-6-19(27)7-9-21)31-24-18(16-30)14-22(15-23(24)28)36-32-25(34)26(29)11-4-3-5-12-26/h6-9,14-15,20,31H,3-5,10-13,17H2,1-2H3,(H,32,34)/t20-/m1/s1. The molecule has 0 saturated heterocycles. The predicted molar refractivity (Wildman–Crippen MR) is 140 cm³/mol. The van der Waals surface area contributed by atoms with Crippen molar-refractivity contribution in [2.75, 3.05) is 31.7 Å². The molecule has 1 saturated carbocycles. The third-order valence-electron chi connectivity index (χ3n) is 6.04. The van der Waals surface area contributed by atoms with Gasteiger partial charge in [0.2, 0.25) is 0 Å². The molecule has 1 fully saturated rings. The molecule has 2 aromatic rings. The summed E-state index contributed by atoms with van der Waals surface area (Å²) in [7, 11) is 3.89. The highest BCUT2D eigenvalue weighted by molar-refractivity contribution is 7.99. The summed E-state index contributed by atoms with van der Waals surface area (Å²) in [5.41, 5.74) is -1.71. The van der Waals surface area contributed by atoms with E-state index < -0.39 is 17.4 Å². The lowest BCUT2D eigenvalue weighted by Gasteiger charge is -2.27. The maximum atomic E-state index is 15.1. The highest BCUT2D eigenvalue weighted by Crippen LogP contribution is 2.34. The number of carbonyl (C=O) groups excluding carboxylic acids is 1. The summed E-state index contributed by atoms with van der Waals surface area (Å²) in [6.45, 7) is 0.746. The van der Waals surface area contributed by atoms with E-state index in [1.165, 1.54) is 36.0 Å². The van der Waals surface area contributed by atoms with E-state index in [9.17, 15) is 18.8 Å². The van der Waals surface area contributed by atoms with E-state index in [4.69, 9.17) is 0 Å². The van der Waals surface area contributed by atoms with Crippen molar-refractivity contribution in [2.24, 2.45) is 0 Å². The molecule has 0 radical (unpaired) electrons. The summed E-state index contributed by atoms with van der Waals surface area (Å²) >= 11 is 2.33. The topological polar surface area (TPSA) is 68.2 Å². The molecule has 1 amide bonds. The lowest BCUT2D eigenvalue weighted by atomic mass is 9.86. The van der Waals surface area contributed by atoms with Crippen LogP contribution in [0.4, 0.5) is 18.9 Å². The van der Waals surface area contributed by atoms with Crippen LogP contribution in [-0.2, 0) is 4.79 Å². The number of amides is 1. The normalized spacial score (nSPS) is 15.8. The Morgan fingerprint density at radius 1 is 1.14 bits per heavy atom. The summed E-state index contributed by atoms with van der Waals surface area (Å²) in [6.07, 6.45) is 3.30. The summed E-state index contributed by atoms with van der Waals surface area (Å²) in [5.74, 6) is -1.07. The van der Waals surface area contributed by atoms with Crippen molar-refractivity contribution in [3.63, 3.8) is 0 Å². The number of benzene rings is 2. The Kier molecular flexibility index (Phi) is 10.4. The third-order valence-corrected chi connectivity index (χ3v) is 7.97. The first-order valence-corrected chi connectivity index (χ1v) is 13.7. The Morgan fingerprint density at radius 2 is 1.83 bits per heavy atom. The van der Waals surface area contributed by atoms with Crippen LogP contribution in [0.25, 0.3) is 0 Å². The molecule has 5 nitrogen and oxygen atoms in total. The van der Waals surface area contributed by atoms with Crippen LogP contribution in [0.2, 0.25) is 0 Å². The molecule has 2 N–H and O–H groups in total. The van der Waals surface area contributed by atoms with Crippen LogP contribution in [0, 0.1) is 23.0 Å². The minimum absolute atomic E-state index is 0.0888. The monoisotopic (exact) mass is 536 g/mol. The number of alkyl halides is 1. The fourth-order valence-electron chi connectivity index (χ4n) is 3.95. The van der Waals surface area contributed by atoms with Gasteiger partial charge in [0.25, 0.3) is 5.91 Å². The fraction of sp³-hybridized carbons (Fsp3) is 0.462. The van der Waals surface area contributed by atoms with E-state index >= 15 is 4.39 Å². The molecule has 0 heterocycles. The van der Waals surface area contributed by atoms with Crippen molar-refractivity contribution in [3.8, 4) is 6.07 Å². The molecule has 1 atom stereocenters. The second-order valence-corrected chi connectivity index (χ2v) is 11.2. The summed E-state index contributed by atoms with van der Waals surface area (Å²) in [5, 5.41) is 12.9. The van der Waals surface area contributed by atoms with Crippen LogP contribution in [-0.4, -0.2) is 48.9 Å². The zero-order valence-electron chi connectivity index (χ0n) is 20.5. The Morgan fingerprint density at radius 3 is 2.47 bits per heavy atom. The van der Waals surface area contributed by atoms with Gasteiger partial charge in [-0.2, -0.15) is 5.26 Å². The zero-order valence-corrected chi connectivity index (χ0v) is 22.1. The molecule has 1 aliphatic rings. The summed E-state index contributed by atoms with van der Waals surface area (Å²) in [6, 6.07) is 10.8. The Hall–Kier alpha value is -2.35. The van der Waals surface area contributed by atoms with Crippen molar-refractivity contribution < 1.29 is 18.0 Å². The highest BCUT2D eigenvalue weighted by Gasteiger charge is 2.39. The lowest BCUT2D eigenvalue weighted by Crippen LogP contribution is -2.42. The SMILES string of the molecule is CN(C)CC[C@H](CSc1ccc(F)cc1)Nc1c(F)cc(SNC(=O)C2(F)CCCCC2)cc1C#N. The average molecular weight is 537 g/mol. The number of nitrogens with zero attached hydrogens (tertiary/aromatic N) is 2. The Balaban J connectivity index is 1.69. The maximum Gasteiger partial charge on any atom is 0.267 e. The lowest BCUT2D eigenvalue weighted by molar-refractivity contribution is -0.132. The number of hydrogen-bond acceptors (Lipinski definition) is 6. The van der Waals surface area contributed by atoms with E-state index in [1.807, 2.05) is 25.1 Å². The van der Waals surface area contributed by atoms with Gasteiger partial charge in [-0.05, 0) is 101 Å². The number of carbonyl (C=O) groups is 1. The molecule has 10 heteroatoms. The van der Waals surface area contributed by atoms with Gasteiger partial charge in [0, 0.05) is 21.6 Å². The number of nitrogens with one attached hydrogen (secondary N) is 2. The molecule has 36 heavy (non-hydrogen) atoms. The second kappa shape index (κ2) is 13.3. The van der Waals surface area contributed by atoms with Gasteiger partial charge in [0.15, 0.2) is 5.67 Å². The predicted octanol–water partition coefficient (Wildman–Crippen LogP) is 6.16. The van der Waals surface area contributed by atoms with Crippen LogP contribution < -0.4 is 10.0 Å². The molecule has 1 aliphatic carbocycles. The van der Waals surface area contributed by atoms with E-state index in [2.05, 4.69) is 10.0 Å².